The SMILES string of the molecule is COC(=O)NC1CCC1COc1nc(-c2cnn(C)c2)cn2nccc12. The first-order valence-electron chi connectivity index (χ1n) is 8.44. The van der Waals surface area contributed by atoms with Gasteiger partial charge in [0.1, 0.15) is 5.52 Å². The van der Waals surface area contributed by atoms with Crippen LogP contribution in [0.25, 0.3) is 16.8 Å². The Bertz CT molecular complexity index is 934. The molecule has 3 aromatic heterocycles. The number of alkyl carbamates (subject to hydrolysis) is 1. The van der Waals surface area contributed by atoms with Gasteiger partial charge in [0.15, 0.2) is 0 Å². The van der Waals surface area contributed by atoms with Crippen LogP contribution in [-0.4, -0.2) is 50.2 Å². The van der Waals surface area contributed by atoms with Gasteiger partial charge < -0.3 is 14.8 Å². The van der Waals surface area contributed by atoms with Crippen molar-refractivity contribution in [2.45, 2.75) is 18.9 Å². The number of hydrogen-bond donors (Lipinski definition) is 1. The van der Waals surface area contributed by atoms with Gasteiger partial charge in [-0.3, -0.25) is 4.68 Å². The highest BCUT2D eigenvalue weighted by atomic mass is 16.5. The van der Waals surface area contributed by atoms with Crippen molar-refractivity contribution in [3.8, 4) is 17.1 Å². The van der Waals surface area contributed by atoms with Crippen molar-refractivity contribution in [3.63, 3.8) is 0 Å². The van der Waals surface area contributed by atoms with Gasteiger partial charge in [-0.2, -0.15) is 10.2 Å². The summed E-state index contributed by atoms with van der Waals surface area (Å²) in [6, 6.07) is 1.94. The number of nitrogens with one attached hydrogen (secondary N) is 1. The number of hydrogen-bond acceptors (Lipinski definition) is 6. The molecule has 0 spiro atoms. The van der Waals surface area contributed by atoms with E-state index in [4.69, 9.17) is 4.74 Å². The van der Waals surface area contributed by atoms with Gasteiger partial charge in [0.05, 0.1) is 38.0 Å². The third-order valence-electron chi connectivity index (χ3n) is 4.70. The second-order valence-electron chi connectivity index (χ2n) is 6.39. The Balaban J connectivity index is 1.52. The van der Waals surface area contributed by atoms with Crippen LogP contribution in [0.3, 0.4) is 0 Å². The molecule has 2 unspecified atom stereocenters. The molecule has 136 valence electrons. The van der Waals surface area contributed by atoms with E-state index in [2.05, 4.69) is 25.2 Å². The summed E-state index contributed by atoms with van der Waals surface area (Å²) in [5.41, 5.74) is 2.43. The first-order chi connectivity index (χ1) is 12.6. The van der Waals surface area contributed by atoms with Crippen molar-refractivity contribution in [1.29, 1.82) is 0 Å². The lowest BCUT2D eigenvalue weighted by atomic mass is 9.80. The van der Waals surface area contributed by atoms with Crippen LogP contribution in [-0.2, 0) is 11.8 Å². The Kier molecular flexibility index (Phi) is 4.19. The average molecular weight is 356 g/mol. The van der Waals surface area contributed by atoms with Gasteiger partial charge in [0.2, 0.25) is 5.88 Å². The number of nitrogens with zero attached hydrogens (tertiary/aromatic N) is 5. The van der Waals surface area contributed by atoms with Crippen LogP contribution in [0.2, 0.25) is 0 Å². The van der Waals surface area contributed by atoms with Gasteiger partial charge in [0.25, 0.3) is 0 Å². The highest BCUT2D eigenvalue weighted by molar-refractivity contribution is 5.67. The molecule has 1 amide bonds. The Morgan fingerprint density at radius 1 is 1.35 bits per heavy atom. The van der Waals surface area contributed by atoms with Gasteiger partial charge in [-0.25, -0.2) is 14.3 Å². The summed E-state index contributed by atoms with van der Waals surface area (Å²) in [4.78, 5) is 16.0. The molecule has 3 aromatic rings. The van der Waals surface area contributed by atoms with Gasteiger partial charge in [-0.15, -0.1) is 0 Å². The van der Waals surface area contributed by atoms with Gasteiger partial charge in [-0.1, -0.05) is 0 Å². The summed E-state index contributed by atoms with van der Waals surface area (Å²) >= 11 is 0. The number of aryl methyl sites for hydroxylation is 1. The number of rotatable bonds is 5. The van der Waals surface area contributed by atoms with Crippen LogP contribution in [0.5, 0.6) is 5.88 Å². The molecule has 0 radical (unpaired) electrons. The minimum Gasteiger partial charge on any atom is -0.476 e. The predicted octanol–water partition coefficient (Wildman–Crippen LogP) is 1.64. The summed E-state index contributed by atoms with van der Waals surface area (Å²) in [5, 5.41) is 11.3. The first kappa shape index (κ1) is 16.4. The van der Waals surface area contributed by atoms with E-state index in [1.165, 1.54) is 7.11 Å². The molecule has 1 aliphatic rings. The molecule has 9 nitrogen and oxygen atoms in total. The zero-order valence-electron chi connectivity index (χ0n) is 14.6. The van der Waals surface area contributed by atoms with Crippen LogP contribution in [0.15, 0.2) is 30.9 Å². The van der Waals surface area contributed by atoms with E-state index in [-0.39, 0.29) is 12.0 Å². The molecular weight excluding hydrogens is 336 g/mol. The number of amides is 1. The summed E-state index contributed by atoms with van der Waals surface area (Å²) in [6.07, 6.45) is 8.72. The largest absolute Gasteiger partial charge is 0.476 e. The standard InChI is InChI=1S/C17H20N6O3/c1-22-8-12(7-19-22)14-9-23-15(5-6-18-23)16(20-14)26-10-11-3-4-13(11)21-17(24)25-2/h5-9,11,13H,3-4,10H2,1-2H3,(H,21,24). The monoisotopic (exact) mass is 356 g/mol. The predicted molar refractivity (Wildman–Crippen MR) is 92.7 cm³/mol. The fourth-order valence-electron chi connectivity index (χ4n) is 3.05. The lowest BCUT2D eigenvalue weighted by Crippen LogP contribution is -2.48. The zero-order chi connectivity index (χ0) is 18.1. The third kappa shape index (κ3) is 3.07. The average Bonchev–Trinajstić information content (AvgIpc) is 3.27. The molecular formula is C17H20N6O3. The number of methoxy groups -OCH3 is 1. The third-order valence-corrected chi connectivity index (χ3v) is 4.70. The number of fused-ring (bicyclic) bond motifs is 1. The second kappa shape index (κ2) is 6.66. The van der Waals surface area contributed by atoms with E-state index in [0.717, 1.165) is 29.6 Å². The quantitative estimate of drug-likeness (QED) is 0.747. The molecule has 0 aromatic carbocycles. The molecule has 1 fully saturated rings. The maximum atomic E-state index is 11.4. The maximum Gasteiger partial charge on any atom is 0.407 e. The van der Waals surface area contributed by atoms with E-state index in [9.17, 15) is 4.79 Å². The normalized spacial score (nSPS) is 19.2. The minimum atomic E-state index is -0.408. The Labute approximate surface area is 149 Å². The lowest BCUT2D eigenvalue weighted by molar-refractivity contribution is 0.111. The highest BCUT2D eigenvalue weighted by Crippen LogP contribution is 2.30. The van der Waals surface area contributed by atoms with Crippen molar-refractivity contribution in [1.82, 2.24) is 29.7 Å². The molecule has 1 saturated carbocycles. The number of carbonyl (C=O) groups is 1. The molecule has 0 aliphatic heterocycles. The van der Waals surface area contributed by atoms with E-state index in [1.54, 1.807) is 21.6 Å². The molecule has 0 saturated heterocycles. The maximum absolute atomic E-state index is 11.4. The molecule has 1 aliphatic carbocycles. The fraction of sp³-hybridized carbons (Fsp3) is 0.412. The minimum absolute atomic E-state index is 0.0740. The van der Waals surface area contributed by atoms with Crippen molar-refractivity contribution in [3.05, 3.63) is 30.9 Å². The lowest BCUT2D eigenvalue weighted by Gasteiger charge is -2.36. The smallest absolute Gasteiger partial charge is 0.407 e. The summed E-state index contributed by atoms with van der Waals surface area (Å²) in [7, 11) is 3.22. The molecule has 3 heterocycles. The second-order valence-corrected chi connectivity index (χ2v) is 6.39. The topological polar surface area (TPSA) is 95.6 Å². The van der Waals surface area contributed by atoms with Crippen molar-refractivity contribution < 1.29 is 14.3 Å². The molecule has 1 N–H and O–H groups in total. The van der Waals surface area contributed by atoms with Crippen molar-refractivity contribution in [2.75, 3.05) is 13.7 Å². The number of ether oxygens (including phenoxy) is 2. The molecule has 9 heteroatoms. The van der Waals surface area contributed by atoms with Crippen LogP contribution >= 0.6 is 0 Å². The molecule has 26 heavy (non-hydrogen) atoms. The zero-order valence-corrected chi connectivity index (χ0v) is 14.6. The van der Waals surface area contributed by atoms with Gasteiger partial charge >= 0.3 is 6.09 Å². The van der Waals surface area contributed by atoms with Crippen molar-refractivity contribution in [2.24, 2.45) is 13.0 Å². The van der Waals surface area contributed by atoms with E-state index >= 15 is 0 Å². The Morgan fingerprint density at radius 2 is 2.23 bits per heavy atom. The highest BCUT2D eigenvalue weighted by Gasteiger charge is 2.33. The van der Waals surface area contributed by atoms with E-state index in [1.807, 2.05) is 25.5 Å². The molecule has 4 rings (SSSR count). The first-order valence-corrected chi connectivity index (χ1v) is 8.44. The van der Waals surface area contributed by atoms with Crippen molar-refractivity contribution >= 4 is 11.6 Å². The van der Waals surface area contributed by atoms with Crippen LogP contribution in [0, 0.1) is 5.92 Å². The van der Waals surface area contributed by atoms with Gasteiger partial charge in [0, 0.05) is 30.8 Å². The Morgan fingerprint density at radius 3 is 2.92 bits per heavy atom. The van der Waals surface area contributed by atoms with E-state index < -0.39 is 6.09 Å². The summed E-state index contributed by atoms with van der Waals surface area (Å²) < 4.78 is 14.1. The van der Waals surface area contributed by atoms with Crippen LogP contribution in [0.4, 0.5) is 4.79 Å². The fourth-order valence-corrected chi connectivity index (χ4v) is 3.05. The summed E-state index contributed by atoms with van der Waals surface area (Å²) in [5.74, 6) is 0.758. The van der Waals surface area contributed by atoms with Gasteiger partial charge in [-0.05, 0) is 18.9 Å². The van der Waals surface area contributed by atoms with Crippen LogP contribution < -0.4 is 10.1 Å². The molecule has 0 bridgehead atoms. The Hall–Kier alpha value is -3.10. The van der Waals surface area contributed by atoms with E-state index in [0.29, 0.717) is 12.5 Å². The molecule has 2 atom stereocenters. The summed E-state index contributed by atoms with van der Waals surface area (Å²) in [6.45, 7) is 0.471. The number of aromatic nitrogens is 5. The van der Waals surface area contributed by atoms with Crippen LogP contribution in [0.1, 0.15) is 12.8 Å². The number of carbonyl (C=O) groups excluding carboxylic acids is 1.